The number of carbonyl (C=O) groups is 2. The highest BCUT2D eigenvalue weighted by atomic mass is 32.2. The number of hydrogen-bond acceptors (Lipinski definition) is 5. The van der Waals surface area contributed by atoms with E-state index in [1.54, 1.807) is 42.5 Å². The van der Waals surface area contributed by atoms with Gasteiger partial charge in [0, 0.05) is 9.79 Å². The largest absolute Gasteiger partial charge is 0.449 e. The van der Waals surface area contributed by atoms with E-state index in [2.05, 4.69) is 6.07 Å². The fourth-order valence-electron chi connectivity index (χ4n) is 1.77. The van der Waals surface area contributed by atoms with Gasteiger partial charge in [-0.2, -0.15) is 5.26 Å². The number of primary amides is 1. The average Bonchev–Trinajstić information content (AvgIpc) is 2.55. The smallest absolute Gasteiger partial charge is 0.340 e. The predicted octanol–water partition coefficient (Wildman–Crippen LogP) is 2.74. The summed E-state index contributed by atoms with van der Waals surface area (Å²) in [5.41, 5.74) is 5.94. The standard InChI is InChI=1S/C17H14N2O3S/c1-11(16(19)20)22-17(21)13-7-3-5-9-15(13)23-14-8-4-2-6-12(14)10-18/h2-9,11H,1H3,(H2,19,20)/t11-/m0/s1. The lowest BCUT2D eigenvalue weighted by molar-refractivity contribution is -0.125. The molecule has 0 saturated carbocycles. The maximum atomic E-state index is 12.2. The van der Waals surface area contributed by atoms with E-state index in [1.807, 2.05) is 6.07 Å². The molecular formula is C17H14N2O3S. The van der Waals surface area contributed by atoms with Gasteiger partial charge in [-0.1, -0.05) is 36.0 Å². The molecule has 0 aliphatic heterocycles. The topological polar surface area (TPSA) is 93.2 Å². The first-order valence-corrected chi connectivity index (χ1v) is 7.61. The number of amides is 1. The second-order valence-electron chi connectivity index (χ2n) is 4.66. The normalized spacial score (nSPS) is 11.3. The van der Waals surface area contributed by atoms with Crippen molar-refractivity contribution in [2.24, 2.45) is 5.73 Å². The van der Waals surface area contributed by atoms with Crippen LogP contribution in [0, 0.1) is 11.3 Å². The van der Waals surface area contributed by atoms with Gasteiger partial charge in [0.25, 0.3) is 5.91 Å². The van der Waals surface area contributed by atoms with Crippen LogP contribution in [0.5, 0.6) is 0 Å². The highest BCUT2D eigenvalue weighted by Crippen LogP contribution is 2.32. The van der Waals surface area contributed by atoms with Crippen molar-refractivity contribution >= 4 is 23.6 Å². The van der Waals surface area contributed by atoms with Crippen LogP contribution >= 0.6 is 11.8 Å². The first-order valence-electron chi connectivity index (χ1n) is 6.79. The summed E-state index contributed by atoms with van der Waals surface area (Å²) in [7, 11) is 0. The van der Waals surface area contributed by atoms with E-state index < -0.39 is 18.0 Å². The van der Waals surface area contributed by atoms with Crippen molar-refractivity contribution in [3.05, 3.63) is 59.7 Å². The van der Waals surface area contributed by atoms with Gasteiger partial charge < -0.3 is 10.5 Å². The van der Waals surface area contributed by atoms with Crippen molar-refractivity contribution in [1.29, 1.82) is 5.26 Å². The number of hydrogen-bond donors (Lipinski definition) is 1. The summed E-state index contributed by atoms with van der Waals surface area (Å²) in [4.78, 5) is 24.6. The molecule has 0 aliphatic rings. The van der Waals surface area contributed by atoms with Gasteiger partial charge in [0.15, 0.2) is 6.10 Å². The molecule has 2 aromatic rings. The summed E-state index contributed by atoms with van der Waals surface area (Å²) in [6.07, 6.45) is -1.01. The SMILES string of the molecule is C[C@H](OC(=O)c1ccccc1Sc1ccccc1C#N)C(N)=O. The summed E-state index contributed by atoms with van der Waals surface area (Å²) in [6, 6.07) is 16.1. The summed E-state index contributed by atoms with van der Waals surface area (Å²) in [5, 5.41) is 9.15. The number of esters is 1. The van der Waals surface area contributed by atoms with Crippen LogP contribution in [0.15, 0.2) is 58.3 Å². The fourth-order valence-corrected chi connectivity index (χ4v) is 2.79. The lowest BCUT2D eigenvalue weighted by atomic mass is 10.2. The van der Waals surface area contributed by atoms with E-state index in [0.717, 1.165) is 4.90 Å². The van der Waals surface area contributed by atoms with Crippen LogP contribution < -0.4 is 5.73 Å². The first-order chi connectivity index (χ1) is 11.0. The Hall–Kier alpha value is -2.78. The van der Waals surface area contributed by atoms with Gasteiger partial charge in [-0.25, -0.2) is 4.79 Å². The maximum Gasteiger partial charge on any atom is 0.340 e. The van der Waals surface area contributed by atoms with Crippen LogP contribution in [0.25, 0.3) is 0 Å². The molecule has 0 aliphatic carbocycles. The molecule has 2 rings (SSSR count). The second-order valence-corrected chi connectivity index (χ2v) is 5.74. The third-order valence-electron chi connectivity index (χ3n) is 3.02. The Balaban J connectivity index is 2.29. The Morgan fingerprint density at radius 1 is 1.13 bits per heavy atom. The van der Waals surface area contributed by atoms with E-state index in [4.69, 9.17) is 15.7 Å². The molecule has 0 saturated heterocycles. The molecule has 0 aromatic heterocycles. The minimum absolute atomic E-state index is 0.318. The Morgan fingerprint density at radius 2 is 1.74 bits per heavy atom. The molecular weight excluding hydrogens is 312 g/mol. The van der Waals surface area contributed by atoms with Crippen molar-refractivity contribution in [2.75, 3.05) is 0 Å². The predicted molar refractivity (Wildman–Crippen MR) is 85.8 cm³/mol. The Kier molecular flexibility index (Phi) is 5.39. The molecule has 0 bridgehead atoms. The molecule has 116 valence electrons. The van der Waals surface area contributed by atoms with Gasteiger partial charge in [0.2, 0.25) is 0 Å². The zero-order valence-corrected chi connectivity index (χ0v) is 13.2. The molecule has 0 fully saturated rings. The van der Waals surface area contributed by atoms with E-state index in [0.29, 0.717) is 16.0 Å². The molecule has 5 nitrogen and oxygen atoms in total. The van der Waals surface area contributed by atoms with Crippen molar-refractivity contribution in [3.8, 4) is 6.07 Å². The Morgan fingerprint density at radius 3 is 2.39 bits per heavy atom. The van der Waals surface area contributed by atoms with Crippen molar-refractivity contribution in [2.45, 2.75) is 22.8 Å². The summed E-state index contributed by atoms with van der Waals surface area (Å²) >= 11 is 1.29. The van der Waals surface area contributed by atoms with Gasteiger partial charge in [-0.15, -0.1) is 0 Å². The molecule has 1 amide bonds. The number of carbonyl (C=O) groups excluding carboxylic acids is 2. The van der Waals surface area contributed by atoms with Gasteiger partial charge in [0.05, 0.1) is 11.1 Å². The summed E-state index contributed by atoms with van der Waals surface area (Å²) < 4.78 is 5.04. The van der Waals surface area contributed by atoms with Crippen molar-refractivity contribution in [3.63, 3.8) is 0 Å². The number of nitriles is 1. The second kappa shape index (κ2) is 7.47. The quantitative estimate of drug-likeness (QED) is 0.853. The lowest BCUT2D eigenvalue weighted by Gasteiger charge is -2.12. The van der Waals surface area contributed by atoms with Crippen LogP contribution in [0.4, 0.5) is 0 Å². The van der Waals surface area contributed by atoms with E-state index >= 15 is 0 Å². The van der Waals surface area contributed by atoms with Crippen molar-refractivity contribution in [1.82, 2.24) is 0 Å². The molecule has 6 heteroatoms. The molecule has 0 heterocycles. The van der Waals surface area contributed by atoms with E-state index in [-0.39, 0.29) is 0 Å². The van der Waals surface area contributed by atoms with E-state index in [1.165, 1.54) is 18.7 Å². The number of nitrogens with zero attached hydrogens (tertiary/aromatic N) is 1. The third kappa shape index (κ3) is 4.11. The average molecular weight is 326 g/mol. The number of ether oxygens (including phenoxy) is 1. The van der Waals surface area contributed by atoms with Crippen LogP contribution in [-0.4, -0.2) is 18.0 Å². The zero-order valence-electron chi connectivity index (χ0n) is 12.4. The lowest BCUT2D eigenvalue weighted by Crippen LogP contribution is -2.30. The van der Waals surface area contributed by atoms with Crippen molar-refractivity contribution < 1.29 is 14.3 Å². The van der Waals surface area contributed by atoms with Gasteiger partial charge in [0.1, 0.15) is 6.07 Å². The van der Waals surface area contributed by atoms with Crippen LogP contribution in [-0.2, 0) is 9.53 Å². The van der Waals surface area contributed by atoms with Crippen LogP contribution in [0.1, 0.15) is 22.8 Å². The highest BCUT2D eigenvalue weighted by Gasteiger charge is 2.19. The molecule has 0 spiro atoms. The molecule has 1 atom stereocenters. The third-order valence-corrected chi connectivity index (χ3v) is 4.17. The number of rotatable bonds is 5. The minimum atomic E-state index is -1.01. The zero-order chi connectivity index (χ0) is 16.8. The highest BCUT2D eigenvalue weighted by molar-refractivity contribution is 7.99. The minimum Gasteiger partial charge on any atom is -0.449 e. The molecule has 2 N–H and O–H groups in total. The number of benzene rings is 2. The number of nitrogens with two attached hydrogens (primary N) is 1. The monoisotopic (exact) mass is 326 g/mol. The summed E-state index contributed by atoms with van der Waals surface area (Å²) in [6.45, 7) is 1.42. The molecule has 0 unspecified atom stereocenters. The fraction of sp³-hybridized carbons (Fsp3) is 0.118. The Labute approximate surface area is 138 Å². The summed E-state index contributed by atoms with van der Waals surface area (Å²) in [5.74, 6) is -1.34. The first kappa shape index (κ1) is 16.6. The maximum absolute atomic E-state index is 12.2. The molecule has 2 aromatic carbocycles. The van der Waals surface area contributed by atoms with E-state index in [9.17, 15) is 9.59 Å². The Bertz CT molecular complexity index is 783. The molecule has 0 radical (unpaired) electrons. The van der Waals surface area contributed by atoms with Gasteiger partial charge in [-0.05, 0) is 31.2 Å². The van der Waals surface area contributed by atoms with Crippen LogP contribution in [0.2, 0.25) is 0 Å². The van der Waals surface area contributed by atoms with Crippen LogP contribution in [0.3, 0.4) is 0 Å². The molecule has 23 heavy (non-hydrogen) atoms. The van der Waals surface area contributed by atoms with Gasteiger partial charge in [-0.3, -0.25) is 4.79 Å². The van der Waals surface area contributed by atoms with Gasteiger partial charge >= 0.3 is 5.97 Å².